The van der Waals surface area contributed by atoms with Crippen LogP contribution in [0, 0.1) is 11.3 Å². The number of aromatic nitrogens is 1. The van der Waals surface area contributed by atoms with Crippen LogP contribution < -0.4 is 4.74 Å². The van der Waals surface area contributed by atoms with E-state index in [1.807, 2.05) is 18.0 Å². The van der Waals surface area contributed by atoms with Gasteiger partial charge in [-0.25, -0.2) is 0 Å². The van der Waals surface area contributed by atoms with E-state index in [4.69, 9.17) is 4.74 Å². The van der Waals surface area contributed by atoms with E-state index < -0.39 is 11.6 Å². The van der Waals surface area contributed by atoms with Crippen molar-refractivity contribution in [3.05, 3.63) is 54.1 Å². The Morgan fingerprint density at radius 2 is 1.82 bits per heavy atom. The van der Waals surface area contributed by atoms with Gasteiger partial charge < -0.3 is 9.64 Å². The maximum Gasteiger partial charge on any atom is 0.369 e. The van der Waals surface area contributed by atoms with Gasteiger partial charge in [-0.3, -0.25) is 4.57 Å². The van der Waals surface area contributed by atoms with Crippen molar-refractivity contribution in [2.24, 2.45) is 0 Å². The summed E-state index contributed by atoms with van der Waals surface area (Å²) < 4.78 is 39.7. The summed E-state index contributed by atoms with van der Waals surface area (Å²) in [7, 11) is 1.94. The number of hydrogen-bond donors (Lipinski definition) is 0. The predicted octanol–water partition coefficient (Wildman–Crippen LogP) is 4.59. The van der Waals surface area contributed by atoms with Gasteiger partial charge in [-0.2, -0.15) is 14.0 Å². The molecule has 0 N–H and O–H groups in total. The molecule has 0 saturated carbocycles. The summed E-state index contributed by atoms with van der Waals surface area (Å²) in [4.78, 5) is 2.05. The second kappa shape index (κ2) is 5.79. The van der Waals surface area contributed by atoms with Gasteiger partial charge >= 0.3 is 6.05 Å². The smallest absolute Gasteiger partial charge is 0.369 e. The molecule has 0 atom stereocenters. The molecule has 3 aromatic rings. The Morgan fingerprint density at radius 1 is 1.07 bits per heavy atom. The zero-order valence-corrected chi connectivity index (χ0v) is 15.5. The summed E-state index contributed by atoms with van der Waals surface area (Å²) in [5.41, 5.74) is 0.129. The second-order valence-electron chi connectivity index (χ2n) is 7.65. The molecule has 0 amide bonds. The molecule has 2 aromatic carbocycles. The first-order valence-electron chi connectivity index (χ1n) is 9.37. The number of fused-ring (bicyclic) bond motifs is 5. The Balaban J connectivity index is 1.87. The summed E-state index contributed by atoms with van der Waals surface area (Å²) in [6, 6.07) is 12.7. The molecule has 1 saturated heterocycles. The predicted molar refractivity (Wildman–Crippen MR) is 102 cm³/mol. The highest BCUT2D eigenvalue weighted by atomic mass is 19.3. The molecular weight excluding hydrogens is 360 g/mol. The molecule has 1 fully saturated rings. The Bertz CT molecular complexity index is 1120. The van der Waals surface area contributed by atoms with Crippen molar-refractivity contribution in [2.75, 3.05) is 20.1 Å². The lowest BCUT2D eigenvalue weighted by atomic mass is 9.88. The van der Waals surface area contributed by atoms with Crippen LogP contribution in [0.1, 0.15) is 18.4 Å². The number of nitriles is 1. The fourth-order valence-corrected chi connectivity index (χ4v) is 4.45. The summed E-state index contributed by atoms with van der Waals surface area (Å²) in [6.07, 6.45) is 0.448. The first-order valence-corrected chi connectivity index (χ1v) is 9.37. The molecule has 2 aliphatic rings. The lowest BCUT2D eigenvalue weighted by Gasteiger charge is -2.44. The van der Waals surface area contributed by atoms with E-state index >= 15 is 8.78 Å². The number of benzene rings is 2. The van der Waals surface area contributed by atoms with Gasteiger partial charge in [-0.1, -0.05) is 18.2 Å². The third-order valence-electron chi connectivity index (χ3n) is 6.06. The van der Waals surface area contributed by atoms with Gasteiger partial charge in [0.25, 0.3) is 0 Å². The van der Waals surface area contributed by atoms with Crippen LogP contribution in [0.5, 0.6) is 5.75 Å². The highest BCUT2D eigenvalue weighted by Gasteiger charge is 2.60. The average molecular weight is 379 g/mol. The fraction of sp³-hybridized carbons (Fsp3) is 0.318. The average Bonchev–Trinajstić information content (AvgIpc) is 3.07. The van der Waals surface area contributed by atoms with Gasteiger partial charge in [-0.15, -0.1) is 0 Å². The number of likely N-dealkylation sites (tertiary alicyclic amines) is 1. The van der Waals surface area contributed by atoms with Crippen LogP contribution in [-0.2, 0) is 6.05 Å². The van der Waals surface area contributed by atoms with Gasteiger partial charge in [0.1, 0.15) is 5.75 Å². The van der Waals surface area contributed by atoms with Crippen molar-refractivity contribution in [2.45, 2.75) is 24.5 Å². The molecule has 0 bridgehead atoms. The summed E-state index contributed by atoms with van der Waals surface area (Å²) >= 11 is 0. The van der Waals surface area contributed by atoms with Gasteiger partial charge in [0.2, 0.25) is 0 Å². The zero-order valence-electron chi connectivity index (χ0n) is 15.5. The summed E-state index contributed by atoms with van der Waals surface area (Å²) in [6.45, 7) is 1.07. The molecule has 0 aliphatic carbocycles. The Morgan fingerprint density at radius 3 is 2.57 bits per heavy atom. The van der Waals surface area contributed by atoms with E-state index in [2.05, 4.69) is 6.07 Å². The van der Waals surface area contributed by atoms with Crippen LogP contribution in [0.25, 0.3) is 22.2 Å². The standard InChI is InChI=1S/C22H19F2N3O/c1-26-11-9-21(10-12-26)22(23,24)27-18-7-4-5-15(14-25)17(18)13-19(27)16-6-2-3-8-20(16)28-21/h2-8,13H,9-12H2,1H3. The number of ether oxygens (including phenoxy) is 1. The van der Waals surface area contributed by atoms with E-state index in [-0.39, 0.29) is 12.8 Å². The van der Waals surface area contributed by atoms with Crippen LogP contribution in [0.2, 0.25) is 0 Å². The van der Waals surface area contributed by atoms with E-state index in [1.54, 1.807) is 42.5 Å². The third-order valence-corrected chi connectivity index (χ3v) is 6.06. The quantitative estimate of drug-likeness (QED) is 0.574. The van der Waals surface area contributed by atoms with E-state index in [0.29, 0.717) is 46.6 Å². The van der Waals surface area contributed by atoms with E-state index in [0.717, 1.165) is 4.57 Å². The molecule has 28 heavy (non-hydrogen) atoms. The number of para-hydroxylation sites is 1. The number of hydrogen-bond acceptors (Lipinski definition) is 3. The van der Waals surface area contributed by atoms with Crippen LogP contribution in [0.4, 0.5) is 8.78 Å². The number of alkyl halides is 2. The third kappa shape index (κ3) is 2.17. The lowest BCUT2D eigenvalue weighted by molar-refractivity contribution is -0.231. The maximum atomic E-state index is 16.2. The van der Waals surface area contributed by atoms with Crippen LogP contribution in [0.15, 0.2) is 48.5 Å². The Kier molecular flexibility index (Phi) is 3.56. The molecular formula is C22H19F2N3O. The van der Waals surface area contributed by atoms with Crippen molar-refractivity contribution in [3.8, 4) is 23.1 Å². The molecule has 1 aromatic heterocycles. The van der Waals surface area contributed by atoms with Crippen molar-refractivity contribution in [1.29, 1.82) is 5.26 Å². The minimum atomic E-state index is -3.27. The van der Waals surface area contributed by atoms with Crippen molar-refractivity contribution in [1.82, 2.24) is 9.47 Å². The van der Waals surface area contributed by atoms with Crippen LogP contribution >= 0.6 is 0 Å². The SMILES string of the molecule is CN1CCC2(CC1)Oc1ccccc1-c1cc3c(C#N)cccc3n1C2(F)F. The normalized spacial score (nSPS) is 20.1. The molecule has 0 unspecified atom stereocenters. The van der Waals surface area contributed by atoms with Gasteiger partial charge in [0, 0.05) is 36.9 Å². The number of rotatable bonds is 0. The molecule has 6 heteroatoms. The van der Waals surface area contributed by atoms with Crippen molar-refractivity contribution < 1.29 is 13.5 Å². The van der Waals surface area contributed by atoms with E-state index in [9.17, 15) is 5.26 Å². The first kappa shape index (κ1) is 17.2. The topological polar surface area (TPSA) is 41.2 Å². The highest BCUT2D eigenvalue weighted by Crippen LogP contribution is 2.52. The number of piperidine rings is 1. The van der Waals surface area contributed by atoms with Crippen LogP contribution in [0.3, 0.4) is 0 Å². The second-order valence-corrected chi connectivity index (χ2v) is 7.65. The minimum Gasteiger partial charge on any atom is -0.478 e. The first-order chi connectivity index (χ1) is 13.5. The fourth-order valence-electron chi connectivity index (χ4n) is 4.45. The molecule has 1 spiro atoms. The lowest BCUT2D eigenvalue weighted by Crippen LogP contribution is -2.58. The Labute approximate surface area is 161 Å². The van der Waals surface area contributed by atoms with Gasteiger partial charge in [-0.05, 0) is 37.4 Å². The number of halogens is 2. The number of nitrogens with zero attached hydrogens (tertiary/aromatic N) is 3. The molecule has 0 radical (unpaired) electrons. The van der Waals surface area contributed by atoms with E-state index in [1.165, 1.54) is 0 Å². The summed E-state index contributed by atoms with van der Waals surface area (Å²) in [5, 5.41) is 10.0. The molecule has 142 valence electrons. The van der Waals surface area contributed by atoms with Crippen molar-refractivity contribution in [3.63, 3.8) is 0 Å². The van der Waals surface area contributed by atoms with Crippen molar-refractivity contribution >= 4 is 10.9 Å². The maximum absolute atomic E-state index is 16.2. The summed E-state index contributed by atoms with van der Waals surface area (Å²) in [5.74, 6) is 0.465. The molecule has 3 heterocycles. The minimum absolute atomic E-state index is 0.224. The largest absolute Gasteiger partial charge is 0.478 e. The van der Waals surface area contributed by atoms with Gasteiger partial charge in [0.05, 0.1) is 22.8 Å². The molecule has 4 nitrogen and oxygen atoms in total. The molecule has 2 aliphatic heterocycles. The monoisotopic (exact) mass is 379 g/mol. The highest BCUT2D eigenvalue weighted by molar-refractivity contribution is 5.92. The Hall–Kier alpha value is -2.91. The van der Waals surface area contributed by atoms with Crippen LogP contribution in [-0.4, -0.2) is 35.2 Å². The zero-order chi connectivity index (χ0) is 19.5. The van der Waals surface area contributed by atoms with Gasteiger partial charge in [0.15, 0.2) is 5.60 Å². The molecule has 5 rings (SSSR count).